The van der Waals surface area contributed by atoms with E-state index >= 15 is 0 Å². The number of ketones is 1. The van der Waals surface area contributed by atoms with Gasteiger partial charge in [0.15, 0.2) is 5.78 Å². The summed E-state index contributed by atoms with van der Waals surface area (Å²) >= 11 is 0. The minimum atomic E-state index is -1.68. The van der Waals surface area contributed by atoms with Crippen LogP contribution in [0.4, 0.5) is 0 Å². The molecule has 1 heterocycles. The predicted molar refractivity (Wildman–Crippen MR) is 256 cm³/mol. The molecule has 0 radical (unpaired) electrons. The highest BCUT2D eigenvalue weighted by Crippen LogP contribution is 2.19. The summed E-state index contributed by atoms with van der Waals surface area (Å²) in [7, 11) is 0. The Morgan fingerprint density at radius 1 is 0.412 bits per heavy atom. The predicted octanol–water partition coefficient (Wildman–Crippen LogP) is 2.43. The molecule has 0 bridgehead atoms. The molecule has 1 saturated heterocycles. The molecule has 8 amide bonds. The average molecular weight is 931 g/mol. The minimum absolute atomic E-state index is 0.0176. The van der Waals surface area contributed by atoms with Gasteiger partial charge in [-0.15, -0.1) is 0 Å². The molecule has 1 aliphatic rings. The van der Waals surface area contributed by atoms with E-state index in [4.69, 9.17) is 0 Å². The zero-order valence-electron chi connectivity index (χ0n) is 40.1. The molecule has 0 aliphatic carbocycles. The summed E-state index contributed by atoms with van der Waals surface area (Å²) in [6.45, 7) is 14.0. The van der Waals surface area contributed by atoms with E-state index in [1.54, 1.807) is 54.6 Å². The fraction of sp³-hybridized carbons (Fsp3) is 0.392. The molecule has 0 saturated carbocycles. The van der Waals surface area contributed by atoms with Crippen LogP contribution in [0.5, 0.6) is 0 Å². The van der Waals surface area contributed by atoms with Crippen LogP contribution >= 0.6 is 0 Å². The molecule has 8 N–H and O–H groups in total. The molecular weight excluding hydrogens is 869 g/mol. The summed E-state index contributed by atoms with van der Waals surface area (Å²) in [4.78, 5) is 124. The Hall–Kier alpha value is -7.43. The van der Waals surface area contributed by atoms with Gasteiger partial charge in [-0.3, -0.25) is 43.2 Å². The molecule has 4 atom stereocenters. The number of nitrogens with one attached hydrogen (secondary N) is 8. The van der Waals surface area contributed by atoms with Crippen molar-refractivity contribution in [3.63, 3.8) is 0 Å². The first kappa shape index (κ1) is 51.6. The van der Waals surface area contributed by atoms with Gasteiger partial charge in [0.1, 0.15) is 46.3 Å². The topological polar surface area (TPSA) is 250 Å². The largest absolute Gasteiger partial charge is 0.343 e. The van der Waals surface area contributed by atoms with Crippen LogP contribution in [0.3, 0.4) is 0 Å². The van der Waals surface area contributed by atoms with Crippen molar-refractivity contribution in [2.75, 3.05) is 0 Å². The lowest BCUT2D eigenvalue weighted by atomic mass is 9.96. The van der Waals surface area contributed by atoms with Crippen molar-refractivity contribution in [3.05, 3.63) is 119 Å². The van der Waals surface area contributed by atoms with Crippen LogP contribution in [0.15, 0.2) is 97.1 Å². The zero-order valence-corrected chi connectivity index (χ0v) is 40.1. The Bertz CT molecular complexity index is 2600. The Morgan fingerprint density at radius 3 is 1.22 bits per heavy atom. The van der Waals surface area contributed by atoms with E-state index in [2.05, 4.69) is 42.5 Å². The lowest BCUT2D eigenvalue weighted by molar-refractivity contribution is -0.139. The maximum Gasteiger partial charge on any atom is 0.245 e. The maximum absolute atomic E-state index is 14.2. The third-order valence-corrected chi connectivity index (χ3v) is 11.7. The number of hydrogen-bond acceptors (Lipinski definition) is 9. The van der Waals surface area contributed by atoms with E-state index in [1.165, 1.54) is 69.2 Å². The van der Waals surface area contributed by atoms with Crippen LogP contribution in [0.1, 0.15) is 96.3 Å². The van der Waals surface area contributed by atoms with Crippen LogP contribution in [0, 0.1) is 0 Å². The van der Waals surface area contributed by atoms with E-state index in [0.29, 0.717) is 22.3 Å². The number of carbonyl (C=O) groups is 9. The summed E-state index contributed by atoms with van der Waals surface area (Å²) in [6, 6.07) is 23.2. The lowest BCUT2D eigenvalue weighted by Gasteiger charge is -2.34. The summed E-state index contributed by atoms with van der Waals surface area (Å²) in [5.74, 6) is -6.38. The van der Waals surface area contributed by atoms with Gasteiger partial charge >= 0.3 is 0 Å². The number of carbonyl (C=O) groups excluding carboxylic acids is 9. The average Bonchev–Trinajstić information content (AvgIpc) is 3.27. The first-order valence-electron chi connectivity index (χ1n) is 22.4. The van der Waals surface area contributed by atoms with Crippen molar-refractivity contribution in [2.45, 2.75) is 128 Å². The normalized spacial score (nSPS) is 22.9. The lowest BCUT2D eigenvalue weighted by Crippen LogP contribution is -2.66. The fourth-order valence-corrected chi connectivity index (χ4v) is 7.22. The van der Waals surface area contributed by atoms with Crippen LogP contribution < -0.4 is 42.5 Å². The van der Waals surface area contributed by atoms with Crippen LogP contribution in [0.25, 0.3) is 10.8 Å². The number of benzene rings is 4. The second-order valence-electron chi connectivity index (χ2n) is 19.4. The quantitative estimate of drug-likeness (QED) is 0.132. The third-order valence-electron chi connectivity index (χ3n) is 11.7. The summed E-state index contributed by atoms with van der Waals surface area (Å²) in [5, 5.41) is 23.0. The Kier molecular flexibility index (Phi) is 15.6. The molecule has 0 aromatic heterocycles. The highest BCUT2D eigenvalue weighted by atomic mass is 16.2. The first-order chi connectivity index (χ1) is 31.7. The van der Waals surface area contributed by atoms with Crippen molar-refractivity contribution in [3.8, 4) is 0 Å². The van der Waals surface area contributed by atoms with Gasteiger partial charge < -0.3 is 42.5 Å². The number of amides is 8. The van der Waals surface area contributed by atoms with Gasteiger partial charge in [-0.1, -0.05) is 97.1 Å². The van der Waals surface area contributed by atoms with Crippen molar-refractivity contribution >= 4 is 63.8 Å². The highest BCUT2D eigenvalue weighted by molar-refractivity contribution is 6.09. The molecule has 1 aliphatic heterocycles. The van der Waals surface area contributed by atoms with Crippen LogP contribution in [0.2, 0.25) is 0 Å². The Balaban J connectivity index is 1.44. The highest BCUT2D eigenvalue weighted by Gasteiger charge is 2.41. The van der Waals surface area contributed by atoms with Crippen molar-refractivity contribution in [2.24, 2.45) is 0 Å². The number of rotatable bonds is 6. The third kappa shape index (κ3) is 12.9. The van der Waals surface area contributed by atoms with E-state index in [1.807, 2.05) is 42.5 Å². The van der Waals surface area contributed by atoms with E-state index in [0.717, 1.165) is 10.8 Å². The molecule has 0 spiro atoms. The molecule has 360 valence electrons. The summed E-state index contributed by atoms with van der Waals surface area (Å²) in [6.07, 6.45) is -0.137. The molecule has 1 fully saturated rings. The molecule has 5 rings (SSSR count). The van der Waals surface area contributed by atoms with Gasteiger partial charge in [0.25, 0.3) is 0 Å². The standard InChI is InChI=1S/C51H62N8O9/c1-29-40(61)56-50(7,8)46(67)54-37(27-31-20-24-35(25-21-31)39(60)34-17-12-11-13-18-34)42(63)58-48(3,4)44(65)52-30(2)41(62)57-51(9,10)47(68)55-38(43(64)59-49(5,6)45(66)53-29)28-32-22-23-33-16-14-15-19-36(33)26-32/h11-26,29-30,37-38H,27-28H2,1-10H3,(H,52,65)(H,53,66)(H,54,67)(H,55,68)(H,56,61)(H,57,62)(H,58,63)(H,59,64). The Morgan fingerprint density at radius 2 is 0.765 bits per heavy atom. The molecule has 17 heteroatoms. The van der Waals surface area contributed by atoms with E-state index in [9.17, 15) is 43.2 Å². The van der Waals surface area contributed by atoms with Crippen molar-refractivity contribution < 1.29 is 43.2 Å². The molecule has 68 heavy (non-hydrogen) atoms. The molecule has 17 nitrogen and oxygen atoms in total. The SMILES string of the molecule is CC1NC(=O)C(C)(C)NC(=O)C(Cc2ccc(C(=O)c3ccccc3)cc2)NC(=O)C(C)(C)NC(=O)C(C)NC(=O)C(C)(C)NC(=O)C(Cc2ccc3ccccc3c2)NC(=O)C(C)(C)NC1=O. The summed E-state index contributed by atoms with van der Waals surface area (Å²) in [5.41, 5.74) is -4.59. The van der Waals surface area contributed by atoms with E-state index < -0.39 is 93.6 Å². The van der Waals surface area contributed by atoms with E-state index in [-0.39, 0.29) is 18.6 Å². The number of hydrogen-bond donors (Lipinski definition) is 8. The second-order valence-corrected chi connectivity index (χ2v) is 19.4. The van der Waals surface area contributed by atoms with Gasteiger partial charge in [-0.05, 0) is 91.1 Å². The summed E-state index contributed by atoms with van der Waals surface area (Å²) < 4.78 is 0. The van der Waals surface area contributed by atoms with Gasteiger partial charge in [0.2, 0.25) is 47.3 Å². The smallest absolute Gasteiger partial charge is 0.245 e. The molecule has 4 aromatic rings. The van der Waals surface area contributed by atoms with Gasteiger partial charge in [0, 0.05) is 24.0 Å². The van der Waals surface area contributed by atoms with Crippen LogP contribution in [-0.2, 0) is 51.2 Å². The molecular formula is C51H62N8O9. The molecule has 4 unspecified atom stereocenters. The van der Waals surface area contributed by atoms with Crippen molar-refractivity contribution in [1.82, 2.24) is 42.5 Å². The van der Waals surface area contributed by atoms with Gasteiger partial charge in [-0.2, -0.15) is 0 Å². The first-order valence-corrected chi connectivity index (χ1v) is 22.4. The zero-order chi connectivity index (χ0) is 50.4. The Labute approximate surface area is 396 Å². The van der Waals surface area contributed by atoms with Crippen molar-refractivity contribution in [1.29, 1.82) is 0 Å². The monoisotopic (exact) mass is 930 g/mol. The van der Waals surface area contributed by atoms with Gasteiger partial charge in [0.05, 0.1) is 0 Å². The maximum atomic E-state index is 14.2. The molecule has 4 aromatic carbocycles. The van der Waals surface area contributed by atoms with Crippen LogP contribution in [-0.4, -0.2) is 99.4 Å². The minimum Gasteiger partial charge on any atom is -0.343 e. The second kappa shape index (κ2) is 20.6. The number of fused-ring (bicyclic) bond motifs is 1. The fourth-order valence-electron chi connectivity index (χ4n) is 7.22. The van der Waals surface area contributed by atoms with Gasteiger partial charge in [-0.25, -0.2) is 0 Å².